The summed E-state index contributed by atoms with van der Waals surface area (Å²) in [5.74, 6) is 0.907. The van der Waals surface area contributed by atoms with Gasteiger partial charge in [-0.1, -0.05) is 18.2 Å². The Hall–Kier alpha value is -4.79. The molecular formula is C33H31N5O5S. The Kier molecular flexibility index (Phi) is 7.80. The van der Waals surface area contributed by atoms with Gasteiger partial charge >= 0.3 is 0 Å². The maximum absolute atomic E-state index is 14.1. The molecule has 0 bridgehead atoms. The second-order valence-electron chi connectivity index (χ2n) is 11.4. The average molecular weight is 610 g/mol. The molecule has 1 saturated heterocycles. The van der Waals surface area contributed by atoms with E-state index in [-0.39, 0.29) is 16.6 Å². The average Bonchev–Trinajstić information content (AvgIpc) is 3.43. The zero-order valence-corrected chi connectivity index (χ0v) is 25.4. The van der Waals surface area contributed by atoms with E-state index in [1.54, 1.807) is 66.9 Å². The Morgan fingerprint density at radius 1 is 0.955 bits per heavy atom. The van der Waals surface area contributed by atoms with Crippen molar-refractivity contribution in [2.24, 2.45) is 0 Å². The van der Waals surface area contributed by atoms with Gasteiger partial charge in [0.2, 0.25) is 5.88 Å². The van der Waals surface area contributed by atoms with E-state index in [0.717, 1.165) is 12.8 Å². The first-order valence-corrected chi connectivity index (χ1v) is 15.7. The predicted octanol–water partition coefficient (Wildman–Crippen LogP) is 6.00. The molecule has 3 aromatic heterocycles. The number of hydrogen-bond acceptors (Lipinski definition) is 9. The van der Waals surface area contributed by atoms with Crippen LogP contribution in [0.3, 0.4) is 0 Å². The lowest BCUT2D eigenvalue weighted by Gasteiger charge is -2.23. The highest BCUT2D eigenvalue weighted by atomic mass is 32.2. The maximum atomic E-state index is 14.1. The van der Waals surface area contributed by atoms with Crippen LogP contribution in [0.4, 0.5) is 0 Å². The van der Waals surface area contributed by atoms with Crippen molar-refractivity contribution in [1.29, 1.82) is 5.26 Å². The van der Waals surface area contributed by atoms with E-state index < -0.39 is 15.6 Å². The van der Waals surface area contributed by atoms with Gasteiger partial charge in [0.05, 0.1) is 35.1 Å². The lowest BCUT2D eigenvalue weighted by molar-refractivity contribution is 0.0254. The molecule has 11 heteroatoms. The highest BCUT2D eigenvalue weighted by molar-refractivity contribution is 7.90. The Balaban J connectivity index is 1.49. The Labute approximate surface area is 256 Å². The molecule has 224 valence electrons. The minimum atomic E-state index is -4.09. The van der Waals surface area contributed by atoms with Crippen LogP contribution in [0.1, 0.15) is 39.2 Å². The summed E-state index contributed by atoms with van der Waals surface area (Å²) in [6, 6.07) is 20.9. The summed E-state index contributed by atoms with van der Waals surface area (Å²) in [6.07, 6.45) is 4.39. The minimum Gasteiger partial charge on any atom is -0.489 e. The van der Waals surface area contributed by atoms with Crippen molar-refractivity contribution >= 4 is 21.1 Å². The van der Waals surface area contributed by atoms with Crippen LogP contribution in [-0.2, 0) is 14.8 Å². The molecule has 0 unspecified atom stereocenters. The largest absolute Gasteiger partial charge is 0.489 e. The van der Waals surface area contributed by atoms with Crippen molar-refractivity contribution in [3.63, 3.8) is 0 Å². The molecule has 2 aromatic carbocycles. The number of nitriles is 1. The van der Waals surface area contributed by atoms with Gasteiger partial charge in [-0.2, -0.15) is 5.26 Å². The normalized spacial score (nSPS) is 14.3. The second kappa shape index (κ2) is 11.7. The third-order valence-electron chi connectivity index (χ3n) is 7.11. The van der Waals surface area contributed by atoms with Crippen LogP contribution < -0.4 is 9.47 Å². The molecule has 1 fully saturated rings. The van der Waals surface area contributed by atoms with Gasteiger partial charge in [-0.05, 0) is 63.2 Å². The van der Waals surface area contributed by atoms with E-state index >= 15 is 0 Å². The molecule has 0 spiro atoms. The van der Waals surface area contributed by atoms with Crippen LogP contribution in [0.15, 0.2) is 84.1 Å². The van der Waals surface area contributed by atoms with Gasteiger partial charge in [0.15, 0.2) is 5.65 Å². The van der Waals surface area contributed by atoms with Gasteiger partial charge < -0.3 is 14.2 Å². The molecule has 5 aromatic rings. The van der Waals surface area contributed by atoms with Gasteiger partial charge in [-0.15, -0.1) is 0 Å². The lowest BCUT2D eigenvalue weighted by Crippen LogP contribution is -2.26. The molecule has 44 heavy (non-hydrogen) atoms. The van der Waals surface area contributed by atoms with Crippen LogP contribution in [0.25, 0.3) is 33.5 Å². The molecule has 1 aliphatic rings. The molecule has 0 amide bonds. The molecular weight excluding hydrogens is 578 g/mol. The fourth-order valence-corrected chi connectivity index (χ4v) is 6.61. The molecule has 6 rings (SSSR count). The van der Waals surface area contributed by atoms with Crippen LogP contribution in [0.2, 0.25) is 0 Å². The first-order valence-electron chi connectivity index (χ1n) is 14.3. The summed E-state index contributed by atoms with van der Waals surface area (Å²) in [5, 5.41) is 10.5. The van der Waals surface area contributed by atoms with Gasteiger partial charge in [-0.3, -0.25) is 0 Å². The Morgan fingerprint density at radius 2 is 1.70 bits per heavy atom. The Bertz CT molecular complexity index is 1950. The summed E-state index contributed by atoms with van der Waals surface area (Å²) in [7, 11) is -4.09. The van der Waals surface area contributed by atoms with E-state index in [4.69, 9.17) is 14.2 Å². The standard InChI is InChI=1S/C33H31N5O5S/c1-33(2,3)43-30-12-10-23(20-35-30)28-18-27-31(22-9-11-29(24(17-22)19-34)42-25-13-15-41-16-14-25)36-21-37-32(27)38(28)44(39,40)26-7-5-4-6-8-26/h4-12,17-18,20-21,25H,13-16H2,1-3H3. The van der Waals surface area contributed by atoms with Crippen molar-refractivity contribution in [1.82, 2.24) is 18.9 Å². The van der Waals surface area contributed by atoms with E-state index in [1.807, 2.05) is 26.8 Å². The van der Waals surface area contributed by atoms with E-state index in [9.17, 15) is 13.7 Å². The third kappa shape index (κ3) is 5.86. The maximum Gasteiger partial charge on any atom is 0.269 e. The summed E-state index contributed by atoms with van der Waals surface area (Å²) in [5.41, 5.74) is 2.13. The van der Waals surface area contributed by atoms with Crippen LogP contribution >= 0.6 is 0 Å². The number of aromatic nitrogens is 4. The number of hydrogen-bond donors (Lipinski definition) is 0. The minimum absolute atomic E-state index is 0.0268. The number of fused-ring (bicyclic) bond motifs is 1. The molecule has 4 heterocycles. The van der Waals surface area contributed by atoms with Gasteiger partial charge in [0, 0.05) is 41.6 Å². The Morgan fingerprint density at radius 3 is 2.39 bits per heavy atom. The highest BCUT2D eigenvalue weighted by Crippen LogP contribution is 2.37. The molecule has 0 atom stereocenters. The topological polar surface area (TPSA) is 129 Å². The second-order valence-corrected chi connectivity index (χ2v) is 13.2. The molecule has 10 nitrogen and oxygen atoms in total. The summed E-state index contributed by atoms with van der Waals surface area (Å²) < 4.78 is 46.9. The number of rotatable bonds is 7. The summed E-state index contributed by atoms with van der Waals surface area (Å²) in [6.45, 7) is 7.02. The molecule has 1 aliphatic heterocycles. The van der Waals surface area contributed by atoms with Crippen molar-refractivity contribution in [3.8, 4) is 40.2 Å². The third-order valence-corrected chi connectivity index (χ3v) is 8.83. The van der Waals surface area contributed by atoms with Crippen molar-refractivity contribution in [2.75, 3.05) is 13.2 Å². The van der Waals surface area contributed by atoms with Gasteiger partial charge in [0.25, 0.3) is 10.0 Å². The number of nitrogens with zero attached hydrogens (tertiary/aromatic N) is 5. The molecule has 0 saturated carbocycles. The van der Waals surface area contributed by atoms with E-state index in [2.05, 4.69) is 21.0 Å². The fourth-order valence-electron chi connectivity index (χ4n) is 5.11. The van der Waals surface area contributed by atoms with Gasteiger partial charge in [0.1, 0.15) is 29.9 Å². The van der Waals surface area contributed by atoms with Crippen LogP contribution in [0, 0.1) is 11.3 Å². The van der Waals surface area contributed by atoms with Crippen LogP contribution in [0.5, 0.6) is 11.6 Å². The smallest absolute Gasteiger partial charge is 0.269 e. The lowest BCUT2D eigenvalue weighted by atomic mass is 10.0. The van der Waals surface area contributed by atoms with E-state index in [1.165, 1.54) is 10.3 Å². The highest BCUT2D eigenvalue weighted by Gasteiger charge is 2.27. The van der Waals surface area contributed by atoms with E-state index in [0.29, 0.717) is 58.3 Å². The van der Waals surface area contributed by atoms with Crippen molar-refractivity contribution < 1.29 is 22.6 Å². The predicted molar refractivity (Wildman–Crippen MR) is 165 cm³/mol. The molecule has 0 N–H and O–H groups in total. The first kappa shape index (κ1) is 29.3. The fraction of sp³-hybridized carbons (Fsp3) is 0.273. The molecule has 0 radical (unpaired) electrons. The quantitative estimate of drug-likeness (QED) is 0.218. The van der Waals surface area contributed by atoms with Crippen molar-refractivity contribution in [2.45, 2.75) is 50.2 Å². The monoisotopic (exact) mass is 609 g/mol. The number of benzene rings is 2. The summed E-state index contributed by atoms with van der Waals surface area (Å²) >= 11 is 0. The van der Waals surface area contributed by atoms with Crippen LogP contribution in [-0.4, -0.2) is 52.3 Å². The van der Waals surface area contributed by atoms with Gasteiger partial charge in [-0.25, -0.2) is 27.3 Å². The van der Waals surface area contributed by atoms with Crippen molar-refractivity contribution in [3.05, 3.63) is 84.8 Å². The first-order chi connectivity index (χ1) is 21.1. The zero-order valence-electron chi connectivity index (χ0n) is 24.6. The zero-order chi connectivity index (χ0) is 30.9. The number of pyridine rings is 1. The number of ether oxygens (including phenoxy) is 3. The summed E-state index contributed by atoms with van der Waals surface area (Å²) in [4.78, 5) is 13.5. The SMILES string of the molecule is CC(C)(C)Oc1ccc(-c2cc3c(-c4ccc(OC5CCOCC5)c(C#N)c4)ncnc3n2S(=O)(=O)c2ccccc2)cn1. The molecule has 0 aliphatic carbocycles.